The summed E-state index contributed by atoms with van der Waals surface area (Å²) in [6.45, 7) is 0. The van der Waals surface area contributed by atoms with Gasteiger partial charge in [-0.3, -0.25) is 15.5 Å². The highest BCUT2D eigenvalue weighted by molar-refractivity contribution is 7.80. The summed E-state index contributed by atoms with van der Waals surface area (Å²) >= 11 is 4.48. The van der Waals surface area contributed by atoms with Gasteiger partial charge in [0.25, 0.3) is 5.69 Å². The number of aliphatic carboxylic acids is 1. The van der Waals surface area contributed by atoms with Crippen LogP contribution in [-0.4, -0.2) is 26.8 Å². The molecule has 0 aliphatic carbocycles. The molecule has 0 saturated heterocycles. The molecule has 0 aliphatic heterocycles. The molecule has 0 amide bonds. The number of rotatable bonds is 4. The molecule has 0 saturated carbocycles. The van der Waals surface area contributed by atoms with Crippen molar-refractivity contribution in [2.45, 2.75) is 0 Å². The van der Waals surface area contributed by atoms with Crippen molar-refractivity contribution in [1.29, 1.82) is 0 Å². The summed E-state index contributed by atoms with van der Waals surface area (Å²) in [5.74, 6) is -1.31. The highest BCUT2D eigenvalue weighted by Gasteiger charge is 2.14. The number of nitro groups is 1. The fourth-order valence-electron chi connectivity index (χ4n) is 1.09. The number of hydrogen-bond acceptors (Lipinski definition) is 5. The number of carboxylic acid groups (broad SMARTS) is 1. The number of carbonyl (C=O) groups is 1. The summed E-state index contributed by atoms with van der Waals surface area (Å²) in [5.41, 5.74) is 6.95. The van der Waals surface area contributed by atoms with Gasteiger partial charge in [-0.1, -0.05) is 0 Å². The Morgan fingerprint density at radius 1 is 1.44 bits per heavy atom. The van der Waals surface area contributed by atoms with Crippen molar-refractivity contribution in [1.82, 2.24) is 5.43 Å². The summed E-state index contributed by atoms with van der Waals surface area (Å²) in [5, 5.41) is 22.7. The molecule has 0 aromatic heterocycles. The summed E-state index contributed by atoms with van der Waals surface area (Å²) in [6.07, 6.45) is 0. The summed E-state index contributed by atoms with van der Waals surface area (Å²) < 4.78 is 0. The fourth-order valence-corrected chi connectivity index (χ4v) is 1.13. The SMILES string of the molecule is NC(=S)N/N=C(/C(=O)O)c1ccc([N+](=O)[O-])cc1. The van der Waals surface area contributed by atoms with Crippen molar-refractivity contribution in [3.8, 4) is 0 Å². The van der Waals surface area contributed by atoms with Gasteiger partial charge in [0.15, 0.2) is 10.8 Å². The molecule has 0 aliphatic rings. The van der Waals surface area contributed by atoms with Gasteiger partial charge >= 0.3 is 5.97 Å². The number of nitrogens with one attached hydrogen (secondary N) is 1. The molecule has 0 bridgehead atoms. The van der Waals surface area contributed by atoms with Gasteiger partial charge in [0.05, 0.1) is 4.92 Å². The van der Waals surface area contributed by atoms with Crippen molar-refractivity contribution in [2.24, 2.45) is 10.8 Å². The maximum atomic E-state index is 10.9. The van der Waals surface area contributed by atoms with Crippen molar-refractivity contribution >= 4 is 34.7 Å². The van der Waals surface area contributed by atoms with Crippen molar-refractivity contribution in [3.63, 3.8) is 0 Å². The van der Waals surface area contributed by atoms with Crippen LogP contribution in [0, 0.1) is 10.1 Å². The molecule has 0 atom stereocenters. The van der Waals surface area contributed by atoms with Gasteiger partial charge in [-0.25, -0.2) is 4.79 Å². The second-order valence-corrected chi connectivity index (χ2v) is 3.49. The zero-order valence-electron chi connectivity index (χ0n) is 8.86. The average Bonchev–Trinajstić information content (AvgIpc) is 2.29. The fraction of sp³-hybridized carbons (Fsp3) is 0. The van der Waals surface area contributed by atoms with Crippen LogP contribution in [0.25, 0.3) is 0 Å². The van der Waals surface area contributed by atoms with E-state index in [1.54, 1.807) is 0 Å². The molecule has 4 N–H and O–H groups in total. The van der Waals surface area contributed by atoms with Gasteiger partial charge in [-0.15, -0.1) is 0 Å². The topological polar surface area (TPSA) is 131 Å². The Labute approximate surface area is 106 Å². The van der Waals surface area contributed by atoms with Crippen LogP contribution in [0.5, 0.6) is 0 Å². The minimum Gasteiger partial charge on any atom is -0.476 e. The third kappa shape index (κ3) is 3.49. The van der Waals surface area contributed by atoms with Crippen LogP contribution in [0.4, 0.5) is 5.69 Å². The highest BCUT2D eigenvalue weighted by Crippen LogP contribution is 2.12. The number of nitrogens with zero attached hydrogens (tertiary/aromatic N) is 2. The zero-order chi connectivity index (χ0) is 13.7. The number of nitrogens with two attached hydrogens (primary N) is 1. The van der Waals surface area contributed by atoms with E-state index in [9.17, 15) is 14.9 Å². The number of benzene rings is 1. The first-order valence-corrected chi connectivity index (χ1v) is 4.94. The summed E-state index contributed by atoms with van der Waals surface area (Å²) in [7, 11) is 0. The normalized spacial score (nSPS) is 10.8. The molecule has 1 aromatic rings. The van der Waals surface area contributed by atoms with E-state index in [0.717, 1.165) is 0 Å². The number of hydrazone groups is 1. The molecule has 8 nitrogen and oxygen atoms in total. The number of non-ortho nitro benzene ring substituents is 1. The van der Waals surface area contributed by atoms with Gasteiger partial charge < -0.3 is 10.8 Å². The maximum Gasteiger partial charge on any atom is 0.356 e. The third-order valence-corrected chi connectivity index (χ3v) is 1.92. The molecular weight excluding hydrogens is 260 g/mol. The predicted molar refractivity (Wildman–Crippen MR) is 67.2 cm³/mol. The van der Waals surface area contributed by atoms with E-state index in [4.69, 9.17) is 10.8 Å². The Morgan fingerprint density at radius 2 is 2.00 bits per heavy atom. The number of carboxylic acids is 1. The second kappa shape index (κ2) is 5.68. The highest BCUT2D eigenvalue weighted by atomic mass is 32.1. The van der Waals surface area contributed by atoms with Crippen molar-refractivity contribution < 1.29 is 14.8 Å². The minimum absolute atomic E-state index is 0.147. The van der Waals surface area contributed by atoms with Gasteiger partial charge in [-0.05, 0) is 24.4 Å². The van der Waals surface area contributed by atoms with E-state index in [-0.39, 0.29) is 22.1 Å². The van der Waals surface area contributed by atoms with E-state index in [0.29, 0.717) is 0 Å². The van der Waals surface area contributed by atoms with Crippen LogP contribution < -0.4 is 11.2 Å². The summed E-state index contributed by atoms with van der Waals surface area (Å²) in [4.78, 5) is 20.8. The lowest BCUT2D eigenvalue weighted by atomic mass is 10.1. The first-order valence-electron chi connectivity index (χ1n) is 4.53. The second-order valence-electron chi connectivity index (χ2n) is 3.05. The first kappa shape index (κ1) is 13.5. The largest absolute Gasteiger partial charge is 0.476 e. The van der Waals surface area contributed by atoms with Crippen molar-refractivity contribution in [2.75, 3.05) is 0 Å². The number of thiocarbonyl (C=S) groups is 1. The number of nitro benzene ring substituents is 1. The van der Waals surface area contributed by atoms with E-state index in [2.05, 4.69) is 22.7 Å². The van der Waals surface area contributed by atoms with Crippen LogP contribution in [0.3, 0.4) is 0 Å². The molecule has 1 rings (SSSR count). The van der Waals surface area contributed by atoms with Crippen LogP contribution in [0.2, 0.25) is 0 Å². The van der Waals surface area contributed by atoms with Crippen LogP contribution in [0.15, 0.2) is 29.4 Å². The molecule has 0 spiro atoms. The van der Waals surface area contributed by atoms with Gasteiger partial charge in [0, 0.05) is 17.7 Å². The van der Waals surface area contributed by atoms with E-state index in [1.165, 1.54) is 24.3 Å². The smallest absolute Gasteiger partial charge is 0.356 e. The molecule has 0 radical (unpaired) electrons. The molecule has 0 unspecified atom stereocenters. The van der Waals surface area contributed by atoms with Gasteiger partial charge in [0.1, 0.15) is 0 Å². The lowest BCUT2D eigenvalue weighted by molar-refractivity contribution is -0.384. The van der Waals surface area contributed by atoms with Gasteiger partial charge in [0.2, 0.25) is 0 Å². The van der Waals surface area contributed by atoms with E-state index >= 15 is 0 Å². The Morgan fingerprint density at radius 3 is 2.39 bits per heavy atom. The lowest BCUT2D eigenvalue weighted by Gasteiger charge is -2.02. The lowest BCUT2D eigenvalue weighted by Crippen LogP contribution is -2.28. The van der Waals surface area contributed by atoms with Crippen LogP contribution >= 0.6 is 12.2 Å². The monoisotopic (exact) mass is 268 g/mol. The third-order valence-electron chi connectivity index (χ3n) is 1.83. The Hall–Kier alpha value is -2.55. The standard InChI is InChI=1S/C9H8N4O4S/c10-9(18)12-11-7(8(14)15)5-1-3-6(4-2-5)13(16)17/h1-4H,(H,14,15)(H3,10,12,18)/b11-7+. The molecule has 18 heavy (non-hydrogen) atoms. The summed E-state index contributed by atoms with van der Waals surface area (Å²) in [6, 6.07) is 4.89. The predicted octanol–water partition coefficient (Wildman–Crippen LogP) is 0.217. The molecule has 0 heterocycles. The van der Waals surface area contributed by atoms with Crippen LogP contribution in [0.1, 0.15) is 5.56 Å². The van der Waals surface area contributed by atoms with Crippen LogP contribution in [-0.2, 0) is 4.79 Å². The maximum absolute atomic E-state index is 10.9. The first-order chi connectivity index (χ1) is 8.41. The quantitative estimate of drug-likeness (QED) is 0.308. The van der Waals surface area contributed by atoms with Crippen molar-refractivity contribution in [3.05, 3.63) is 39.9 Å². The van der Waals surface area contributed by atoms with Gasteiger partial charge in [-0.2, -0.15) is 5.10 Å². The molecular formula is C9H8N4O4S. The average molecular weight is 268 g/mol. The number of hydrogen-bond donors (Lipinski definition) is 3. The Balaban J connectivity index is 3.07. The van der Waals surface area contributed by atoms with E-state index < -0.39 is 10.9 Å². The molecule has 9 heteroatoms. The Bertz CT molecular complexity index is 526. The molecule has 94 valence electrons. The van der Waals surface area contributed by atoms with E-state index in [1.807, 2.05) is 0 Å². The Kier molecular flexibility index (Phi) is 4.27. The molecule has 1 aromatic carbocycles. The molecule has 0 fully saturated rings. The zero-order valence-corrected chi connectivity index (χ0v) is 9.68. The minimum atomic E-state index is -1.31.